The minimum absolute atomic E-state index is 0.503. The summed E-state index contributed by atoms with van der Waals surface area (Å²) in [5.74, 6) is 0. The molecule has 0 amide bonds. The van der Waals surface area contributed by atoms with Crippen molar-refractivity contribution in [3.05, 3.63) is 27.2 Å². The fraction of sp³-hybridized carbons (Fsp3) is 0.455. The largest absolute Gasteiger partial charge is 0.381 e. The SMILES string of the molecule is Clc1cc(Cl)c(NCC2CCCN2)c(Cl)c1. The van der Waals surface area contributed by atoms with Crippen molar-refractivity contribution in [2.45, 2.75) is 18.9 Å². The summed E-state index contributed by atoms with van der Waals surface area (Å²) in [7, 11) is 0. The fourth-order valence-corrected chi connectivity index (χ4v) is 2.82. The second-order valence-corrected chi connectivity index (χ2v) is 5.17. The predicted molar refractivity (Wildman–Crippen MR) is 71.0 cm³/mol. The molecule has 1 heterocycles. The lowest BCUT2D eigenvalue weighted by Gasteiger charge is -2.15. The van der Waals surface area contributed by atoms with Gasteiger partial charge in [-0.15, -0.1) is 0 Å². The molecule has 5 heteroatoms. The van der Waals surface area contributed by atoms with Gasteiger partial charge in [0.05, 0.1) is 15.7 Å². The summed E-state index contributed by atoms with van der Waals surface area (Å²) in [6.07, 6.45) is 2.42. The maximum absolute atomic E-state index is 6.07. The second-order valence-electron chi connectivity index (χ2n) is 3.92. The van der Waals surface area contributed by atoms with E-state index in [1.807, 2.05) is 0 Å². The van der Waals surface area contributed by atoms with Gasteiger partial charge >= 0.3 is 0 Å². The summed E-state index contributed by atoms with van der Waals surface area (Å²) in [6, 6.07) is 3.89. The first-order valence-corrected chi connectivity index (χ1v) is 6.42. The van der Waals surface area contributed by atoms with Crippen LogP contribution >= 0.6 is 34.8 Å². The number of hydrogen-bond donors (Lipinski definition) is 2. The molecule has 0 aliphatic carbocycles. The maximum atomic E-state index is 6.07. The second kappa shape index (κ2) is 5.46. The zero-order chi connectivity index (χ0) is 11.5. The van der Waals surface area contributed by atoms with E-state index in [-0.39, 0.29) is 0 Å². The molecular formula is C11H13Cl3N2. The van der Waals surface area contributed by atoms with E-state index in [4.69, 9.17) is 34.8 Å². The normalized spacial score (nSPS) is 20.1. The Morgan fingerprint density at radius 2 is 1.94 bits per heavy atom. The highest BCUT2D eigenvalue weighted by atomic mass is 35.5. The van der Waals surface area contributed by atoms with E-state index in [0.717, 1.165) is 18.8 Å². The summed E-state index contributed by atoms with van der Waals surface area (Å²) in [5.41, 5.74) is 0.765. The lowest BCUT2D eigenvalue weighted by Crippen LogP contribution is -2.29. The zero-order valence-corrected chi connectivity index (χ0v) is 11.0. The van der Waals surface area contributed by atoms with E-state index in [0.29, 0.717) is 21.1 Å². The predicted octanol–water partition coefficient (Wildman–Crippen LogP) is 3.81. The Hall–Kier alpha value is -0.150. The lowest BCUT2D eigenvalue weighted by atomic mass is 10.2. The van der Waals surface area contributed by atoms with Gasteiger partial charge in [-0.1, -0.05) is 34.8 Å². The summed E-state index contributed by atoms with van der Waals surface area (Å²) in [5, 5.41) is 8.35. The molecule has 2 nitrogen and oxygen atoms in total. The Labute approximate surface area is 110 Å². The minimum Gasteiger partial charge on any atom is -0.381 e. The molecule has 2 N–H and O–H groups in total. The van der Waals surface area contributed by atoms with Gasteiger partial charge < -0.3 is 10.6 Å². The quantitative estimate of drug-likeness (QED) is 0.879. The van der Waals surface area contributed by atoms with Crippen molar-refractivity contribution in [3.8, 4) is 0 Å². The average Bonchev–Trinajstić information content (AvgIpc) is 2.68. The van der Waals surface area contributed by atoms with E-state index >= 15 is 0 Å². The molecule has 1 saturated heterocycles. The highest BCUT2D eigenvalue weighted by Crippen LogP contribution is 2.33. The van der Waals surface area contributed by atoms with Crippen LogP contribution in [0.15, 0.2) is 12.1 Å². The summed E-state index contributed by atoms with van der Waals surface area (Å²) >= 11 is 18.0. The molecule has 2 rings (SSSR count). The summed E-state index contributed by atoms with van der Waals surface area (Å²) < 4.78 is 0. The third-order valence-electron chi connectivity index (χ3n) is 2.69. The highest BCUT2D eigenvalue weighted by molar-refractivity contribution is 6.41. The molecule has 1 aliphatic rings. The van der Waals surface area contributed by atoms with E-state index in [1.54, 1.807) is 12.1 Å². The molecule has 0 spiro atoms. The van der Waals surface area contributed by atoms with Crippen LogP contribution in [-0.2, 0) is 0 Å². The van der Waals surface area contributed by atoms with Crippen molar-refractivity contribution in [1.82, 2.24) is 5.32 Å². The van der Waals surface area contributed by atoms with Crippen LogP contribution in [-0.4, -0.2) is 19.1 Å². The van der Waals surface area contributed by atoms with Gasteiger partial charge in [-0.3, -0.25) is 0 Å². The third kappa shape index (κ3) is 2.95. The molecule has 0 bridgehead atoms. The van der Waals surface area contributed by atoms with Crippen LogP contribution in [0, 0.1) is 0 Å². The minimum atomic E-state index is 0.503. The molecule has 1 atom stereocenters. The van der Waals surface area contributed by atoms with Crippen LogP contribution in [0.4, 0.5) is 5.69 Å². The Kier molecular flexibility index (Phi) is 4.20. The number of rotatable bonds is 3. The Balaban J connectivity index is 2.03. The molecule has 1 aromatic rings. The van der Waals surface area contributed by atoms with Crippen molar-refractivity contribution in [2.75, 3.05) is 18.4 Å². The molecule has 16 heavy (non-hydrogen) atoms. The van der Waals surface area contributed by atoms with E-state index in [1.165, 1.54) is 12.8 Å². The monoisotopic (exact) mass is 278 g/mol. The number of benzene rings is 1. The molecule has 1 fully saturated rings. The Morgan fingerprint density at radius 1 is 1.25 bits per heavy atom. The van der Waals surface area contributed by atoms with Crippen molar-refractivity contribution in [1.29, 1.82) is 0 Å². The van der Waals surface area contributed by atoms with Crippen LogP contribution in [0.1, 0.15) is 12.8 Å². The smallest absolute Gasteiger partial charge is 0.0720 e. The van der Waals surface area contributed by atoms with Crippen molar-refractivity contribution < 1.29 is 0 Å². The van der Waals surface area contributed by atoms with Gasteiger partial charge in [0, 0.05) is 17.6 Å². The number of anilines is 1. The van der Waals surface area contributed by atoms with Gasteiger partial charge in [0.25, 0.3) is 0 Å². The zero-order valence-electron chi connectivity index (χ0n) is 8.69. The molecule has 88 valence electrons. The summed E-state index contributed by atoms with van der Waals surface area (Å²) in [4.78, 5) is 0. The summed E-state index contributed by atoms with van der Waals surface area (Å²) in [6.45, 7) is 1.93. The molecular weight excluding hydrogens is 266 g/mol. The van der Waals surface area contributed by atoms with Gasteiger partial charge in [-0.25, -0.2) is 0 Å². The van der Waals surface area contributed by atoms with Crippen molar-refractivity contribution in [3.63, 3.8) is 0 Å². The first kappa shape index (κ1) is 12.3. The number of hydrogen-bond acceptors (Lipinski definition) is 2. The van der Waals surface area contributed by atoms with Gasteiger partial charge in [0.15, 0.2) is 0 Å². The molecule has 0 aromatic heterocycles. The van der Waals surface area contributed by atoms with Gasteiger partial charge in [0.2, 0.25) is 0 Å². The van der Waals surface area contributed by atoms with Crippen LogP contribution in [0.3, 0.4) is 0 Å². The first-order chi connectivity index (χ1) is 7.66. The Bertz CT molecular complexity index is 352. The number of halogens is 3. The Morgan fingerprint density at radius 3 is 2.50 bits per heavy atom. The molecule has 0 radical (unpaired) electrons. The third-order valence-corrected chi connectivity index (χ3v) is 3.51. The lowest BCUT2D eigenvalue weighted by molar-refractivity contribution is 0.633. The van der Waals surface area contributed by atoms with E-state index in [9.17, 15) is 0 Å². The van der Waals surface area contributed by atoms with Crippen LogP contribution in [0.5, 0.6) is 0 Å². The highest BCUT2D eigenvalue weighted by Gasteiger charge is 2.15. The topological polar surface area (TPSA) is 24.1 Å². The van der Waals surface area contributed by atoms with Gasteiger partial charge in [-0.05, 0) is 31.5 Å². The molecule has 1 aromatic carbocycles. The maximum Gasteiger partial charge on any atom is 0.0720 e. The number of nitrogens with one attached hydrogen (secondary N) is 2. The molecule has 1 unspecified atom stereocenters. The molecule has 1 aliphatic heterocycles. The van der Waals surface area contributed by atoms with E-state index < -0.39 is 0 Å². The first-order valence-electron chi connectivity index (χ1n) is 5.28. The fourth-order valence-electron chi connectivity index (χ4n) is 1.87. The van der Waals surface area contributed by atoms with Gasteiger partial charge in [-0.2, -0.15) is 0 Å². The van der Waals surface area contributed by atoms with Crippen LogP contribution in [0.25, 0.3) is 0 Å². The van der Waals surface area contributed by atoms with E-state index in [2.05, 4.69) is 10.6 Å². The van der Waals surface area contributed by atoms with Crippen molar-refractivity contribution in [2.24, 2.45) is 0 Å². The molecule has 0 saturated carbocycles. The van der Waals surface area contributed by atoms with Crippen LogP contribution < -0.4 is 10.6 Å². The standard InChI is InChI=1S/C11H13Cl3N2/c12-7-4-9(13)11(10(14)5-7)16-6-8-2-1-3-15-8/h4-5,8,15-16H,1-3,6H2. The average molecular weight is 280 g/mol. The van der Waals surface area contributed by atoms with Crippen molar-refractivity contribution >= 4 is 40.5 Å². The van der Waals surface area contributed by atoms with Gasteiger partial charge in [0.1, 0.15) is 0 Å². The van der Waals surface area contributed by atoms with Crippen LogP contribution in [0.2, 0.25) is 15.1 Å².